The van der Waals surface area contributed by atoms with Gasteiger partial charge in [0.15, 0.2) is 0 Å². The Balaban J connectivity index is 5.64. The molecule has 0 aliphatic carbocycles. The molecule has 0 saturated heterocycles. The Hall–Kier alpha value is -3.22. The van der Waals surface area contributed by atoms with Crippen molar-refractivity contribution in [1.82, 2.24) is 16.0 Å². The summed E-state index contributed by atoms with van der Waals surface area (Å²) in [7, 11) is 0. The molecule has 0 rings (SSSR count). The largest absolute Gasteiger partial charge is 0.481 e. The number of rotatable bonds is 17. The van der Waals surface area contributed by atoms with Crippen molar-refractivity contribution >= 4 is 35.6 Å². The van der Waals surface area contributed by atoms with Crippen LogP contribution in [0.3, 0.4) is 0 Å². The van der Waals surface area contributed by atoms with E-state index in [0.717, 1.165) is 0 Å². The maximum Gasteiger partial charge on any atom is 0.326 e. The molecule has 0 aromatic heterocycles. The zero-order valence-corrected chi connectivity index (χ0v) is 20.7. The topological polar surface area (TPSA) is 231 Å². The van der Waals surface area contributed by atoms with Crippen LogP contribution >= 0.6 is 0 Å². The first-order valence-electron chi connectivity index (χ1n) is 11.6. The van der Waals surface area contributed by atoms with Crippen LogP contribution in [0, 0.1) is 11.8 Å². The fourth-order valence-electron chi connectivity index (χ4n) is 3.13. The summed E-state index contributed by atoms with van der Waals surface area (Å²) in [6.45, 7) is 6.86. The molecule has 0 fully saturated rings. The second-order valence-corrected chi connectivity index (χ2v) is 8.69. The Labute approximate surface area is 204 Å². The summed E-state index contributed by atoms with van der Waals surface area (Å²) in [4.78, 5) is 71.9. The van der Waals surface area contributed by atoms with Crippen LogP contribution < -0.4 is 27.4 Å². The summed E-state index contributed by atoms with van der Waals surface area (Å²) >= 11 is 0. The molecular weight excluding hydrogens is 462 g/mol. The minimum atomic E-state index is -1.35. The fraction of sp³-hybridized carbons (Fsp3) is 0.727. The lowest BCUT2D eigenvalue weighted by Gasteiger charge is -2.28. The zero-order valence-electron chi connectivity index (χ0n) is 20.7. The molecule has 35 heavy (non-hydrogen) atoms. The molecule has 13 heteroatoms. The van der Waals surface area contributed by atoms with Crippen molar-refractivity contribution in [1.29, 1.82) is 0 Å². The molecule has 0 heterocycles. The van der Waals surface area contributed by atoms with Gasteiger partial charge in [0, 0.05) is 12.8 Å². The number of hydrogen-bond donors (Lipinski definition) is 7. The molecular formula is C22H39N5O8. The summed E-state index contributed by atoms with van der Waals surface area (Å²) in [5, 5.41) is 25.8. The van der Waals surface area contributed by atoms with E-state index in [1.807, 2.05) is 0 Å². The van der Waals surface area contributed by atoms with Crippen LogP contribution in [0.1, 0.15) is 66.2 Å². The molecule has 0 radical (unpaired) electrons. The number of amides is 4. The predicted octanol–water partition coefficient (Wildman–Crippen LogP) is -0.925. The van der Waals surface area contributed by atoms with E-state index in [4.69, 9.17) is 16.6 Å². The molecule has 0 aromatic rings. The summed E-state index contributed by atoms with van der Waals surface area (Å²) in [5.41, 5.74) is 10.8. The van der Waals surface area contributed by atoms with E-state index >= 15 is 0 Å². The number of aliphatic carboxylic acids is 2. The lowest BCUT2D eigenvalue weighted by molar-refractivity contribution is -0.144. The Morgan fingerprint density at radius 3 is 1.71 bits per heavy atom. The van der Waals surface area contributed by atoms with Crippen LogP contribution in [0.4, 0.5) is 0 Å². The Morgan fingerprint density at radius 2 is 1.26 bits per heavy atom. The van der Waals surface area contributed by atoms with Gasteiger partial charge in [-0.1, -0.05) is 40.5 Å². The normalized spacial score (nSPS) is 16.0. The number of carboxylic acids is 2. The number of primary amides is 1. The molecule has 6 unspecified atom stereocenters. The highest BCUT2D eigenvalue weighted by molar-refractivity contribution is 5.94. The van der Waals surface area contributed by atoms with Gasteiger partial charge < -0.3 is 37.6 Å². The summed E-state index contributed by atoms with van der Waals surface area (Å²) in [5.74, 6) is -6.20. The molecule has 4 amide bonds. The smallest absolute Gasteiger partial charge is 0.326 e. The van der Waals surface area contributed by atoms with Gasteiger partial charge in [0.2, 0.25) is 23.6 Å². The van der Waals surface area contributed by atoms with E-state index in [9.17, 15) is 33.9 Å². The standard InChI is InChI=1S/C22H39N5O8/c1-5-11(3)17(26-19(31)13(23)7-9-15(24)28)21(33)25-14(8-10-16(29)30)20(32)27-18(22(34)35)12(4)6-2/h11-14,17-18H,5-10,23H2,1-4H3,(H2,24,28)(H,25,33)(H,26,31)(H,27,32)(H,29,30)(H,34,35). The molecule has 6 atom stereocenters. The SMILES string of the molecule is CCC(C)C(NC(=O)C(CCC(=O)O)NC(=O)C(NC(=O)C(N)CCC(N)=O)C(C)CC)C(=O)O. The van der Waals surface area contributed by atoms with Gasteiger partial charge in [0.05, 0.1) is 6.04 Å². The number of hydrogen-bond acceptors (Lipinski definition) is 7. The molecule has 0 aromatic carbocycles. The van der Waals surface area contributed by atoms with Gasteiger partial charge in [-0.15, -0.1) is 0 Å². The first-order chi connectivity index (χ1) is 16.2. The molecule has 0 aliphatic heterocycles. The maximum absolute atomic E-state index is 13.1. The first-order valence-corrected chi connectivity index (χ1v) is 11.6. The van der Waals surface area contributed by atoms with Gasteiger partial charge >= 0.3 is 11.9 Å². The van der Waals surface area contributed by atoms with Gasteiger partial charge in [-0.05, 0) is 24.7 Å². The minimum Gasteiger partial charge on any atom is -0.481 e. The van der Waals surface area contributed by atoms with Gasteiger partial charge in [-0.25, -0.2) is 4.79 Å². The third kappa shape index (κ3) is 11.7. The van der Waals surface area contributed by atoms with E-state index in [2.05, 4.69) is 16.0 Å². The van der Waals surface area contributed by atoms with Gasteiger partial charge in [-0.2, -0.15) is 0 Å². The highest BCUT2D eigenvalue weighted by atomic mass is 16.4. The van der Waals surface area contributed by atoms with Crippen molar-refractivity contribution in [2.75, 3.05) is 0 Å². The van der Waals surface area contributed by atoms with Crippen molar-refractivity contribution in [3.05, 3.63) is 0 Å². The lowest BCUT2D eigenvalue weighted by atomic mass is 9.96. The quantitative estimate of drug-likeness (QED) is 0.130. The van der Waals surface area contributed by atoms with Crippen molar-refractivity contribution in [3.8, 4) is 0 Å². The number of carbonyl (C=O) groups excluding carboxylic acids is 4. The van der Waals surface area contributed by atoms with Gasteiger partial charge in [-0.3, -0.25) is 24.0 Å². The molecule has 0 saturated carbocycles. The monoisotopic (exact) mass is 501 g/mol. The van der Waals surface area contributed by atoms with Crippen LogP contribution in [0.5, 0.6) is 0 Å². The third-order valence-electron chi connectivity index (χ3n) is 5.89. The fourth-order valence-corrected chi connectivity index (χ4v) is 3.13. The van der Waals surface area contributed by atoms with E-state index in [1.54, 1.807) is 27.7 Å². The maximum atomic E-state index is 13.1. The van der Waals surface area contributed by atoms with Crippen molar-refractivity contribution in [2.24, 2.45) is 23.3 Å². The number of carbonyl (C=O) groups is 6. The molecule has 0 spiro atoms. The number of carboxylic acid groups (broad SMARTS) is 2. The minimum absolute atomic E-state index is 0.0220. The van der Waals surface area contributed by atoms with Crippen LogP contribution in [0.25, 0.3) is 0 Å². The third-order valence-corrected chi connectivity index (χ3v) is 5.89. The first kappa shape index (κ1) is 31.8. The van der Waals surface area contributed by atoms with Crippen molar-refractivity contribution < 1.29 is 39.0 Å². The summed E-state index contributed by atoms with van der Waals surface area (Å²) < 4.78 is 0. The van der Waals surface area contributed by atoms with Crippen LogP contribution in [0.15, 0.2) is 0 Å². The van der Waals surface area contributed by atoms with Crippen molar-refractivity contribution in [3.63, 3.8) is 0 Å². The Morgan fingerprint density at radius 1 is 0.743 bits per heavy atom. The molecule has 9 N–H and O–H groups in total. The molecule has 200 valence electrons. The summed E-state index contributed by atoms with van der Waals surface area (Å²) in [6, 6.07) is -4.79. The molecule has 0 aliphatic rings. The van der Waals surface area contributed by atoms with Crippen LogP contribution in [0.2, 0.25) is 0 Å². The number of nitrogens with one attached hydrogen (secondary N) is 3. The zero-order chi connectivity index (χ0) is 27.3. The van der Waals surface area contributed by atoms with E-state index in [0.29, 0.717) is 12.8 Å². The van der Waals surface area contributed by atoms with Gasteiger partial charge in [0.1, 0.15) is 18.1 Å². The highest BCUT2D eigenvalue weighted by Crippen LogP contribution is 2.12. The second-order valence-electron chi connectivity index (χ2n) is 8.69. The second kappa shape index (κ2) is 15.6. The van der Waals surface area contributed by atoms with E-state index in [-0.39, 0.29) is 19.3 Å². The predicted molar refractivity (Wildman–Crippen MR) is 126 cm³/mol. The Kier molecular flexibility index (Phi) is 14.2. The average molecular weight is 502 g/mol. The van der Waals surface area contributed by atoms with Crippen molar-refractivity contribution in [2.45, 2.75) is 90.4 Å². The van der Waals surface area contributed by atoms with E-state index < -0.39 is 78.0 Å². The summed E-state index contributed by atoms with van der Waals surface area (Å²) in [6.07, 6.45) is 0.0350. The van der Waals surface area contributed by atoms with E-state index in [1.165, 1.54) is 0 Å². The number of nitrogens with two attached hydrogens (primary N) is 2. The van der Waals surface area contributed by atoms with Gasteiger partial charge in [0.25, 0.3) is 0 Å². The average Bonchev–Trinajstić information content (AvgIpc) is 2.79. The van der Waals surface area contributed by atoms with Crippen LogP contribution in [-0.2, 0) is 28.8 Å². The molecule has 0 bridgehead atoms. The Bertz CT molecular complexity index is 775. The lowest BCUT2D eigenvalue weighted by Crippen LogP contribution is -2.59. The molecule has 13 nitrogen and oxygen atoms in total. The van der Waals surface area contributed by atoms with Crippen LogP contribution in [-0.4, -0.2) is 69.9 Å². The highest BCUT2D eigenvalue weighted by Gasteiger charge is 2.33.